The zero-order valence-electron chi connectivity index (χ0n) is 20.7. The molecular weight excluding hydrogens is 492 g/mol. The van der Waals surface area contributed by atoms with Gasteiger partial charge in [0.1, 0.15) is 23.6 Å². The first-order valence-corrected chi connectivity index (χ1v) is 12.9. The number of nitriles is 1. The van der Waals surface area contributed by atoms with Crippen LogP contribution < -0.4 is 15.0 Å². The Morgan fingerprint density at radius 1 is 1.19 bits per heavy atom. The molecule has 1 N–H and O–H groups in total. The van der Waals surface area contributed by atoms with Crippen molar-refractivity contribution >= 4 is 26.8 Å². The lowest BCUT2D eigenvalue weighted by atomic mass is 10.1. The van der Waals surface area contributed by atoms with Crippen LogP contribution in [-0.4, -0.2) is 41.5 Å². The highest BCUT2D eigenvalue weighted by Crippen LogP contribution is 2.34. The number of fused-ring (bicyclic) bond motifs is 1. The van der Waals surface area contributed by atoms with Crippen LogP contribution in [0.25, 0.3) is 10.9 Å². The summed E-state index contributed by atoms with van der Waals surface area (Å²) in [6.45, 7) is 7.69. The predicted octanol–water partition coefficient (Wildman–Crippen LogP) is 4.49. The van der Waals surface area contributed by atoms with Crippen molar-refractivity contribution in [3.8, 4) is 17.6 Å². The Morgan fingerprint density at radius 2 is 1.89 bits per heavy atom. The number of aromatic nitrogens is 2. The second-order valence-corrected chi connectivity index (χ2v) is 8.87. The van der Waals surface area contributed by atoms with Gasteiger partial charge in [-0.15, -0.1) is 0 Å². The van der Waals surface area contributed by atoms with Crippen LogP contribution in [-0.2, 0) is 17.3 Å². The molecule has 36 heavy (non-hydrogen) atoms. The smallest absolute Gasteiger partial charge is 0.301 e. The Morgan fingerprint density at radius 3 is 2.50 bits per heavy atom. The summed E-state index contributed by atoms with van der Waals surface area (Å²) in [7, 11) is -2.63. The van der Waals surface area contributed by atoms with Crippen LogP contribution in [0, 0.1) is 17.1 Å². The first-order valence-electron chi connectivity index (χ1n) is 11.5. The Balaban J connectivity index is 0.00000109. The summed E-state index contributed by atoms with van der Waals surface area (Å²) >= 11 is 0. The quantitative estimate of drug-likeness (QED) is 0.529. The highest BCUT2D eigenvalue weighted by molar-refractivity contribution is 7.90. The number of ether oxygens (including phenoxy) is 1. The average Bonchev–Trinajstić information content (AvgIpc) is 3.33. The molecule has 12 heteroatoms. The molecule has 0 unspecified atom stereocenters. The van der Waals surface area contributed by atoms with Crippen LogP contribution in [0.3, 0.4) is 0 Å². The molecule has 0 saturated carbocycles. The average molecular weight is 522 g/mol. The molecule has 1 saturated heterocycles. The normalized spacial score (nSPS) is 15.2. The lowest BCUT2D eigenvalue weighted by Gasteiger charge is -2.18. The number of anilines is 1. The maximum Gasteiger partial charge on any atom is 0.301 e. The van der Waals surface area contributed by atoms with Crippen molar-refractivity contribution in [1.29, 1.82) is 5.26 Å². The highest BCUT2D eigenvalue weighted by Gasteiger charge is 2.32. The van der Waals surface area contributed by atoms with Gasteiger partial charge in [0.25, 0.3) is 5.56 Å². The Hall–Kier alpha value is -3.56. The molecule has 1 aliphatic heterocycles. The third kappa shape index (κ3) is 6.16. The van der Waals surface area contributed by atoms with E-state index in [1.165, 1.54) is 36.1 Å². The zero-order chi connectivity index (χ0) is 27.0. The minimum atomic E-state index is -4.16. The molecule has 1 atom stereocenters. The number of halogens is 2. The van der Waals surface area contributed by atoms with Crippen molar-refractivity contribution in [3.63, 3.8) is 0 Å². The summed E-state index contributed by atoms with van der Waals surface area (Å²) in [5.74, 6) is -1.37. The van der Waals surface area contributed by atoms with E-state index in [9.17, 15) is 27.3 Å². The third-order valence-electron chi connectivity index (χ3n) is 5.00. The van der Waals surface area contributed by atoms with Gasteiger partial charge in [0.15, 0.2) is 11.6 Å². The van der Waals surface area contributed by atoms with Gasteiger partial charge in [-0.05, 0) is 36.8 Å². The van der Waals surface area contributed by atoms with Gasteiger partial charge in [0.2, 0.25) is 0 Å². The number of alkyl halides is 1. The molecular formula is C24H29F2N5O4S. The molecule has 1 aromatic heterocycles. The van der Waals surface area contributed by atoms with E-state index in [-0.39, 0.29) is 41.9 Å². The predicted molar refractivity (Wildman–Crippen MR) is 134 cm³/mol. The molecule has 0 amide bonds. The van der Waals surface area contributed by atoms with Crippen molar-refractivity contribution in [2.75, 3.05) is 17.8 Å². The van der Waals surface area contributed by atoms with Gasteiger partial charge in [-0.25, -0.2) is 13.8 Å². The van der Waals surface area contributed by atoms with Gasteiger partial charge in [0, 0.05) is 20.1 Å². The Bertz CT molecular complexity index is 1420. The van der Waals surface area contributed by atoms with Crippen LogP contribution >= 0.6 is 0 Å². The van der Waals surface area contributed by atoms with Crippen molar-refractivity contribution in [2.24, 2.45) is 7.05 Å². The second kappa shape index (κ2) is 12.4. The fourth-order valence-corrected chi connectivity index (χ4v) is 4.61. The minimum Gasteiger partial charge on any atom is -0.453 e. The molecule has 3 aromatic rings. The fourth-order valence-electron chi connectivity index (χ4n) is 3.33. The van der Waals surface area contributed by atoms with Gasteiger partial charge >= 0.3 is 10.2 Å². The number of hydrogen-bond acceptors (Lipinski definition) is 6. The molecule has 1 aliphatic rings. The topological polar surface area (TPSA) is 117 Å². The van der Waals surface area contributed by atoms with E-state index in [4.69, 9.17) is 4.74 Å². The maximum absolute atomic E-state index is 14.6. The maximum atomic E-state index is 14.6. The molecule has 0 spiro atoms. The lowest BCUT2D eigenvalue weighted by Crippen LogP contribution is -2.34. The monoisotopic (exact) mass is 521 g/mol. The van der Waals surface area contributed by atoms with Gasteiger partial charge in [-0.2, -0.15) is 18.0 Å². The van der Waals surface area contributed by atoms with Crippen molar-refractivity contribution in [3.05, 3.63) is 58.4 Å². The van der Waals surface area contributed by atoms with E-state index in [0.717, 1.165) is 16.4 Å². The number of nitrogens with one attached hydrogen (secondary N) is 1. The number of hydrogen-bond donors (Lipinski definition) is 1. The summed E-state index contributed by atoms with van der Waals surface area (Å²) in [5, 5.41) is 9.81. The van der Waals surface area contributed by atoms with Gasteiger partial charge in [0.05, 0.1) is 22.9 Å². The van der Waals surface area contributed by atoms with E-state index in [1.54, 1.807) is 6.07 Å². The molecule has 0 aliphatic carbocycles. The minimum absolute atomic E-state index is 0.0109. The summed E-state index contributed by atoms with van der Waals surface area (Å²) in [6, 6.07) is 8.07. The standard InChI is InChI=1S/C20H17F2N5O4S.2C2H6/c1-26-11-24-17-4-2-13(8-14(17)20(26)28)31-19-15(9-23)18(5-3-16(19)22)25-32(29,30)27-7-6-12(21)10-27;2*1-2/h2-5,8,11-12,25H,6-7,10H2,1H3;2*1-2H3/t12-;;/m1../s1. The number of aryl methyl sites for hydroxylation is 1. The zero-order valence-corrected chi connectivity index (χ0v) is 21.6. The molecule has 2 heterocycles. The molecule has 1 fully saturated rings. The Labute approximate surface area is 209 Å². The van der Waals surface area contributed by atoms with Crippen molar-refractivity contribution < 1.29 is 21.9 Å². The summed E-state index contributed by atoms with van der Waals surface area (Å²) < 4.78 is 63.0. The van der Waals surface area contributed by atoms with Gasteiger partial charge in [-0.1, -0.05) is 27.7 Å². The first kappa shape index (κ1) is 28.7. The third-order valence-corrected chi connectivity index (χ3v) is 6.49. The Kier molecular flexibility index (Phi) is 9.89. The number of rotatable bonds is 5. The first-order chi connectivity index (χ1) is 17.2. The van der Waals surface area contributed by atoms with Crippen molar-refractivity contribution in [1.82, 2.24) is 13.9 Å². The van der Waals surface area contributed by atoms with Gasteiger partial charge in [-0.3, -0.25) is 9.52 Å². The SMILES string of the molecule is CC.CC.Cn1cnc2ccc(Oc3c(F)ccc(NS(=O)(=O)N4CC[C@@H](F)C4)c3C#N)cc2c1=O. The molecule has 0 radical (unpaired) electrons. The number of benzene rings is 2. The van der Waals surface area contributed by atoms with E-state index in [1.807, 2.05) is 27.7 Å². The lowest BCUT2D eigenvalue weighted by molar-refractivity contribution is 0.343. The van der Waals surface area contributed by atoms with E-state index in [2.05, 4.69) is 9.71 Å². The molecule has 9 nitrogen and oxygen atoms in total. The van der Waals surface area contributed by atoms with E-state index >= 15 is 0 Å². The van der Waals surface area contributed by atoms with Crippen LogP contribution in [0.1, 0.15) is 39.7 Å². The van der Waals surface area contributed by atoms with Gasteiger partial charge < -0.3 is 9.30 Å². The van der Waals surface area contributed by atoms with E-state index in [0.29, 0.717) is 5.52 Å². The number of nitrogens with zero attached hydrogens (tertiary/aromatic N) is 4. The highest BCUT2D eigenvalue weighted by atomic mass is 32.2. The van der Waals surface area contributed by atoms with E-state index < -0.39 is 33.5 Å². The molecule has 0 bridgehead atoms. The van der Waals surface area contributed by atoms with Crippen molar-refractivity contribution in [2.45, 2.75) is 40.3 Å². The summed E-state index contributed by atoms with van der Waals surface area (Å²) in [4.78, 5) is 16.4. The molecule has 4 rings (SSSR count). The van der Waals surface area contributed by atoms with Crippen LogP contribution in [0.15, 0.2) is 41.5 Å². The molecule has 2 aromatic carbocycles. The largest absolute Gasteiger partial charge is 0.453 e. The van der Waals surface area contributed by atoms with Crippen LogP contribution in [0.2, 0.25) is 0 Å². The fraction of sp³-hybridized carbons (Fsp3) is 0.375. The molecule has 194 valence electrons. The second-order valence-electron chi connectivity index (χ2n) is 7.20. The van der Waals surface area contributed by atoms with Crippen LogP contribution in [0.5, 0.6) is 11.5 Å². The summed E-state index contributed by atoms with van der Waals surface area (Å²) in [5.41, 5.74) is -0.562. The summed E-state index contributed by atoms with van der Waals surface area (Å²) in [6.07, 6.45) is 0.156. The van der Waals surface area contributed by atoms with Crippen LogP contribution in [0.4, 0.5) is 14.5 Å².